The maximum absolute atomic E-state index is 14.4. The summed E-state index contributed by atoms with van der Waals surface area (Å²) >= 11 is 6.62. The van der Waals surface area contributed by atoms with Gasteiger partial charge in [0.15, 0.2) is 5.82 Å². The van der Waals surface area contributed by atoms with Crippen molar-refractivity contribution in [1.82, 2.24) is 15.0 Å². The molecule has 2 aromatic heterocycles. The van der Waals surface area contributed by atoms with Crippen LogP contribution in [0, 0.1) is 12.7 Å². The molecule has 0 aliphatic carbocycles. The van der Waals surface area contributed by atoms with E-state index in [4.69, 9.17) is 11.6 Å². The molecule has 3 N–H and O–H groups in total. The third kappa shape index (κ3) is 4.60. The number of aromatic nitrogens is 3. The molecule has 0 bridgehead atoms. The van der Waals surface area contributed by atoms with Crippen molar-refractivity contribution in [3.8, 4) is 16.9 Å². The molecule has 0 saturated heterocycles. The molecule has 0 unspecified atom stereocenters. The standard InChI is InChI=1S/C25H24ClFN4O2/c1-13(18-10-17(32)6-7-20(18)27)31-23-19-9-15(5-8-21(19)30-14(2)22(23)26)16-11-28-24(29-12-16)25(3,4)33/h5-13,32-33H,1-4H3,(H,30,31)/t13-/m1/s1. The first kappa shape index (κ1) is 22.9. The van der Waals surface area contributed by atoms with Crippen LogP contribution < -0.4 is 5.32 Å². The van der Waals surface area contributed by atoms with Gasteiger partial charge in [-0.15, -0.1) is 0 Å². The minimum atomic E-state index is -1.13. The number of phenolic OH excluding ortho intramolecular Hbond substituents is 1. The highest BCUT2D eigenvalue weighted by molar-refractivity contribution is 6.35. The summed E-state index contributed by atoms with van der Waals surface area (Å²) in [6, 6.07) is 9.17. The molecule has 0 radical (unpaired) electrons. The Morgan fingerprint density at radius 3 is 2.42 bits per heavy atom. The van der Waals surface area contributed by atoms with Crippen LogP contribution in [0.5, 0.6) is 5.75 Å². The number of fused-ring (bicyclic) bond motifs is 1. The number of rotatable bonds is 5. The maximum atomic E-state index is 14.4. The summed E-state index contributed by atoms with van der Waals surface area (Å²) in [6.07, 6.45) is 3.31. The number of hydrogen-bond donors (Lipinski definition) is 3. The lowest BCUT2D eigenvalue weighted by Gasteiger charge is -2.20. The molecule has 0 aliphatic rings. The summed E-state index contributed by atoms with van der Waals surface area (Å²) in [5.74, 6) is -0.112. The molecule has 2 aromatic carbocycles. The number of hydrogen-bond acceptors (Lipinski definition) is 6. The number of pyridine rings is 1. The van der Waals surface area contributed by atoms with Gasteiger partial charge in [0.1, 0.15) is 17.2 Å². The van der Waals surface area contributed by atoms with Gasteiger partial charge in [0.05, 0.1) is 28.0 Å². The van der Waals surface area contributed by atoms with Crippen molar-refractivity contribution in [2.45, 2.75) is 39.3 Å². The average molecular weight is 467 g/mol. The van der Waals surface area contributed by atoms with E-state index in [-0.39, 0.29) is 5.75 Å². The first-order valence-electron chi connectivity index (χ1n) is 10.4. The van der Waals surface area contributed by atoms with Crippen molar-refractivity contribution in [1.29, 1.82) is 0 Å². The van der Waals surface area contributed by atoms with Gasteiger partial charge in [-0.25, -0.2) is 14.4 Å². The molecule has 1 atom stereocenters. The van der Waals surface area contributed by atoms with E-state index in [1.54, 1.807) is 33.2 Å². The predicted molar refractivity (Wildman–Crippen MR) is 128 cm³/mol. The lowest BCUT2D eigenvalue weighted by molar-refractivity contribution is 0.0687. The third-order valence-corrected chi connectivity index (χ3v) is 5.89. The van der Waals surface area contributed by atoms with Crippen molar-refractivity contribution in [3.05, 3.63) is 76.7 Å². The van der Waals surface area contributed by atoms with Crippen LogP contribution in [0.15, 0.2) is 48.8 Å². The maximum Gasteiger partial charge on any atom is 0.159 e. The van der Waals surface area contributed by atoms with E-state index in [1.807, 2.05) is 25.1 Å². The highest BCUT2D eigenvalue weighted by Gasteiger charge is 2.20. The summed E-state index contributed by atoms with van der Waals surface area (Å²) < 4.78 is 14.4. The van der Waals surface area contributed by atoms with E-state index in [1.165, 1.54) is 18.2 Å². The summed E-state index contributed by atoms with van der Waals surface area (Å²) in [4.78, 5) is 13.1. The summed E-state index contributed by atoms with van der Waals surface area (Å²) in [5, 5.41) is 24.4. The predicted octanol–water partition coefficient (Wildman–Crippen LogP) is 5.90. The molecule has 4 aromatic rings. The third-order valence-electron chi connectivity index (χ3n) is 5.43. The molecule has 0 spiro atoms. The van der Waals surface area contributed by atoms with E-state index >= 15 is 0 Å². The van der Waals surface area contributed by atoms with Crippen LogP contribution in [-0.2, 0) is 5.60 Å². The second kappa shape index (κ2) is 8.57. The Labute approximate surface area is 196 Å². The number of phenols is 1. The number of nitrogens with zero attached hydrogens (tertiary/aromatic N) is 3. The van der Waals surface area contributed by atoms with Crippen molar-refractivity contribution >= 4 is 28.2 Å². The van der Waals surface area contributed by atoms with Crippen LogP contribution in [0.3, 0.4) is 0 Å². The molecule has 4 rings (SSSR count). The van der Waals surface area contributed by atoms with Gasteiger partial charge < -0.3 is 15.5 Å². The molecule has 170 valence electrons. The first-order valence-corrected chi connectivity index (χ1v) is 10.8. The SMILES string of the molecule is Cc1nc2ccc(-c3cnc(C(C)(C)O)nc3)cc2c(N[C@H](C)c2cc(O)ccc2F)c1Cl. The Morgan fingerprint density at radius 1 is 1.06 bits per heavy atom. The van der Waals surface area contributed by atoms with Crippen molar-refractivity contribution in [2.24, 2.45) is 0 Å². The number of anilines is 1. The van der Waals surface area contributed by atoms with E-state index in [0.29, 0.717) is 27.8 Å². The van der Waals surface area contributed by atoms with Crippen molar-refractivity contribution in [3.63, 3.8) is 0 Å². The van der Waals surface area contributed by atoms with E-state index < -0.39 is 17.5 Å². The van der Waals surface area contributed by atoms with Crippen LogP contribution in [0.4, 0.5) is 10.1 Å². The number of halogens is 2. The second-order valence-electron chi connectivity index (χ2n) is 8.54. The molecule has 8 heteroatoms. The van der Waals surface area contributed by atoms with Gasteiger partial charge in [0.25, 0.3) is 0 Å². The van der Waals surface area contributed by atoms with Gasteiger partial charge in [-0.1, -0.05) is 17.7 Å². The molecule has 0 aliphatic heterocycles. The van der Waals surface area contributed by atoms with E-state index in [0.717, 1.165) is 22.0 Å². The fourth-order valence-electron chi connectivity index (χ4n) is 3.63. The number of aromatic hydroxyl groups is 1. The van der Waals surface area contributed by atoms with Crippen LogP contribution >= 0.6 is 11.6 Å². The lowest BCUT2D eigenvalue weighted by Crippen LogP contribution is -2.19. The Hall–Kier alpha value is -3.29. The highest BCUT2D eigenvalue weighted by atomic mass is 35.5. The molecular formula is C25H24ClFN4O2. The fraction of sp³-hybridized carbons (Fsp3) is 0.240. The average Bonchev–Trinajstić information content (AvgIpc) is 2.77. The van der Waals surface area contributed by atoms with Crippen LogP contribution in [-0.4, -0.2) is 25.2 Å². The monoisotopic (exact) mass is 466 g/mol. The van der Waals surface area contributed by atoms with Gasteiger partial charge in [-0.05, 0) is 63.6 Å². The summed E-state index contributed by atoms with van der Waals surface area (Å²) in [5.41, 5.74) is 2.77. The van der Waals surface area contributed by atoms with Gasteiger partial charge in [-0.2, -0.15) is 0 Å². The topological polar surface area (TPSA) is 91.2 Å². The van der Waals surface area contributed by atoms with Gasteiger partial charge >= 0.3 is 0 Å². The van der Waals surface area contributed by atoms with Gasteiger partial charge in [0, 0.05) is 28.9 Å². The van der Waals surface area contributed by atoms with Crippen molar-refractivity contribution in [2.75, 3.05) is 5.32 Å². The van der Waals surface area contributed by atoms with Gasteiger partial charge in [0.2, 0.25) is 0 Å². The Morgan fingerprint density at radius 2 is 1.76 bits per heavy atom. The lowest BCUT2D eigenvalue weighted by atomic mass is 10.0. The van der Waals surface area contributed by atoms with Crippen LogP contribution in [0.2, 0.25) is 5.02 Å². The molecule has 0 fully saturated rings. The quantitative estimate of drug-likeness (QED) is 0.339. The fourth-order valence-corrected chi connectivity index (χ4v) is 3.83. The number of benzene rings is 2. The summed E-state index contributed by atoms with van der Waals surface area (Å²) in [6.45, 7) is 6.86. The van der Waals surface area contributed by atoms with Gasteiger partial charge in [-0.3, -0.25) is 4.98 Å². The number of aryl methyl sites for hydroxylation is 1. The largest absolute Gasteiger partial charge is 0.508 e. The van der Waals surface area contributed by atoms with Crippen LogP contribution in [0.1, 0.15) is 43.9 Å². The Balaban J connectivity index is 1.79. The Bertz CT molecular complexity index is 1340. The zero-order chi connectivity index (χ0) is 23.9. The molecule has 33 heavy (non-hydrogen) atoms. The second-order valence-corrected chi connectivity index (χ2v) is 8.92. The minimum Gasteiger partial charge on any atom is -0.508 e. The van der Waals surface area contributed by atoms with Crippen LogP contribution in [0.25, 0.3) is 22.0 Å². The smallest absolute Gasteiger partial charge is 0.159 e. The molecule has 6 nitrogen and oxygen atoms in total. The molecule has 2 heterocycles. The normalized spacial score (nSPS) is 12.7. The zero-order valence-corrected chi connectivity index (χ0v) is 19.4. The molecule has 0 amide bonds. The van der Waals surface area contributed by atoms with E-state index in [9.17, 15) is 14.6 Å². The van der Waals surface area contributed by atoms with E-state index in [2.05, 4.69) is 20.3 Å². The summed E-state index contributed by atoms with van der Waals surface area (Å²) in [7, 11) is 0. The Kier molecular flexibility index (Phi) is 5.95. The first-order chi connectivity index (χ1) is 15.5. The molecule has 0 saturated carbocycles. The number of aliphatic hydroxyl groups is 1. The van der Waals surface area contributed by atoms with Crippen molar-refractivity contribution < 1.29 is 14.6 Å². The molecular weight excluding hydrogens is 443 g/mol. The minimum absolute atomic E-state index is 0.0151. The zero-order valence-electron chi connectivity index (χ0n) is 18.7. The number of nitrogens with one attached hydrogen (secondary N) is 1. The highest BCUT2D eigenvalue weighted by Crippen LogP contribution is 2.37.